The molecule has 6 heteroatoms. The maximum atomic E-state index is 11.3. The number of rotatable bonds is 2. The first-order chi connectivity index (χ1) is 7.58. The maximum Gasteiger partial charge on any atom is 0.367 e. The van der Waals surface area contributed by atoms with E-state index in [2.05, 4.69) is 0 Å². The van der Waals surface area contributed by atoms with Crippen molar-refractivity contribution >= 4 is 35.5 Å². The van der Waals surface area contributed by atoms with Gasteiger partial charge in [0, 0.05) is 9.81 Å². The van der Waals surface area contributed by atoms with Gasteiger partial charge in [-0.05, 0) is 36.4 Å². The van der Waals surface area contributed by atoms with E-state index in [1.807, 2.05) is 13.8 Å². The summed E-state index contributed by atoms with van der Waals surface area (Å²) in [6.07, 6.45) is 1.43. The Morgan fingerprint density at radius 1 is 1.06 bits per heavy atom. The van der Waals surface area contributed by atoms with Crippen LogP contribution < -0.4 is 0 Å². The molecule has 2 heterocycles. The van der Waals surface area contributed by atoms with Gasteiger partial charge in [0.25, 0.3) is 0 Å². The molecule has 0 saturated carbocycles. The fraction of sp³-hybridized carbons (Fsp3) is 0.600. The molecule has 4 nitrogen and oxygen atoms in total. The molecule has 1 fully saturated rings. The van der Waals surface area contributed by atoms with Crippen LogP contribution in [0.4, 0.5) is 0 Å². The van der Waals surface area contributed by atoms with Gasteiger partial charge in [-0.15, -0.1) is 0 Å². The third kappa shape index (κ3) is 2.08. The lowest BCUT2D eigenvalue weighted by atomic mass is 10.3. The van der Waals surface area contributed by atoms with Crippen molar-refractivity contribution in [2.75, 3.05) is 0 Å². The zero-order valence-electron chi connectivity index (χ0n) is 9.07. The van der Waals surface area contributed by atoms with Gasteiger partial charge in [0.05, 0.1) is 0 Å². The highest BCUT2D eigenvalue weighted by atomic mass is 32.2. The summed E-state index contributed by atoms with van der Waals surface area (Å²) in [5, 5.41) is 0. The van der Waals surface area contributed by atoms with E-state index in [9.17, 15) is 9.59 Å². The number of thioether (sulfide) groups is 2. The van der Waals surface area contributed by atoms with Crippen LogP contribution in [0.15, 0.2) is 9.81 Å². The first-order valence-electron chi connectivity index (χ1n) is 5.12. The van der Waals surface area contributed by atoms with Gasteiger partial charge in [-0.25, -0.2) is 0 Å². The van der Waals surface area contributed by atoms with Crippen molar-refractivity contribution in [3.63, 3.8) is 0 Å². The van der Waals surface area contributed by atoms with Crippen LogP contribution >= 0.6 is 23.5 Å². The van der Waals surface area contributed by atoms with E-state index in [1.54, 1.807) is 0 Å². The second-order valence-electron chi connectivity index (χ2n) is 3.38. The second-order valence-corrected chi connectivity index (χ2v) is 6.11. The minimum Gasteiger partial charge on any atom is -0.403 e. The van der Waals surface area contributed by atoms with Crippen LogP contribution in [0.5, 0.6) is 0 Å². The fourth-order valence-corrected chi connectivity index (χ4v) is 4.52. The molecule has 0 aromatic heterocycles. The Hall–Kier alpha value is -0.620. The molecule has 0 N–H and O–H groups in total. The normalized spacial score (nSPS) is 23.6. The minimum atomic E-state index is -1.18. The number of hydrogen-bond donors (Lipinski definition) is 0. The van der Waals surface area contributed by atoms with Crippen LogP contribution in [0, 0.1) is 0 Å². The lowest BCUT2D eigenvalue weighted by molar-refractivity contribution is -0.193. The van der Waals surface area contributed by atoms with Gasteiger partial charge in [-0.2, -0.15) is 0 Å². The topological polar surface area (TPSA) is 52.6 Å². The van der Waals surface area contributed by atoms with Crippen LogP contribution in [0.2, 0.25) is 0 Å². The van der Waals surface area contributed by atoms with Crippen molar-refractivity contribution < 1.29 is 19.1 Å². The Labute approximate surface area is 102 Å². The van der Waals surface area contributed by atoms with E-state index < -0.39 is 16.4 Å². The summed E-state index contributed by atoms with van der Waals surface area (Å²) in [5.41, 5.74) is 0. The van der Waals surface area contributed by atoms with Crippen LogP contribution in [0.1, 0.15) is 33.1 Å². The van der Waals surface area contributed by atoms with E-state index in [1.165, 1.54) is 23.5 Å². The molecule has 0 atom stereocenters. The van der Waals surface area contributed by atoms with Crippen molar-refractivity contribution in [2.24, 2.45) is 0 Å². The molecule has 1 spiro atoms. The molecule has 0 aromatic rings. The van der Waals surface area contributed by atoms with E-state index >= 15 is 0 Å². The number of carbonyl (C=O) groups is 2. The second kappa shape index (κ2) is 4.33. The predicted molar refractivity (Wildman–Crippen MR) is 62.3 cm³/mol. The summed E-state index contributed by atoms with van der Waals surface area (Å²) in [4.78, 5) is 24.8. The Bertz CT molecular complexity index is 341. The lowest BCUT2D eigenvalue weighted by Gasteiger charge is -2.30. The zero-order valence-corrected chi connectivity index (χ0v) is 10.7. The molecule has 0 amide bonds. The van der Waals surface area contributed by atoms with Gasteiger partial charge in [-0.3, -0.25) is 9.59 Å². The van der Waals surface area contributed by atoms with Crippen molar-refractivity contribution in [2.45, 2.75) is 37.6 Å². The summed E-state index contributed by atoms with van der Waals surface area (Å²) in [6, 6.07) is 0. The van der Waals surface area contributed by atoms with Crippen molar-refractivity contribution in [1.29, 1.82) is 0 Å². The summed E-state index contributed by atoms with van der Waals surface area (Å²) in [5.74, 6) is -1.02. The molecule has 1 saturated heterocycles. The zero-order chi connectivity index (χ0) is 11.8. The summed E-state index contributed by atoms with van der Waals surface area (Å²) < 4.78 is 9.17. The molecule has 0 bridgehead atoms. The molecule has 2 rings (SSSR count). The smallest absolute Gasteiger partial charge is 0.367 e. The molecule has 0 radical (unpaired) electrons. The fourth-order valence-electron chi connectivity index (χ4n) is 1.55. The molecule has 2 aliphatic rings. The maximum absolute atomic E-state index is 11.3. The highest BCUT2D eigenvalue weighted by molar-refractivity contribution is 8.24. The number of carbonyl (C=O) groups excluding carboxylic acids is 2. The van der Waals surface area contributed by atoms with Gasteiger partial charge in [-0.1, -0.05) is 13.8 Å². The van der Waals surface area contributed by atoms with Gasteiger partial charge >= 0.3 is 16.4 Å². The van der Waals surface area contributed by atoms with E-state index in [0.717, 1.165) is 22.7 Å². The van der Waals surface area contributed by atoms with Gasteiger partial charge in [0.2, 0.25) is 0 Å². The predicted octanol–water partition coefficient (Wildman–Crippen LogP) is 2.60. The molecule has 2 aliphatic heterocycles. The molecule has 0 aliphatic carbocycles. The Morgan fingerprint density at radius 2 is 1.50 bits per heavy atom. The van der Waals surface area contributed by atoms with Crippen molar-refractivity contribution in [3.8, 4) is 0 Å². The molecule has 0 unspecified atom stereocenters. The Kier molecular flexibility index (Phi) is 3.21. The van der Waals surface area contributed by atoms with Gasteiger partial charge < -0.3 is 9.47 Å². The summed E-state index contributed by atoms with van der Waals surface area (Å²) >= 11 is 2.66. The number of allylic oxidation sites excluding steroid dienone is 2. The third-order valence-electron chi connectivity index (χ3n) is 2.22. The van der Waals surface area contributed by atoms with E-state index in [-0.39, 0.29) is 6.42 Å². The summed E-state index contributed by atoms with van der Waals surface area (Å²) in [7, 11) is 0. The first-order valence-corrected chi connectivity index (χ1v) is 6.75. The lowest BCUT2D eigenvalue weighted by Crippen LogP contribution is -2.38. The minimum absolute atomic E-state index is 0.286. The molecule has 16 heavy (non-hydrogen) atoms. The van der Waals surface area contributed by atoms with Crippen LogP contribution in [-0.2, 0) is 19.1 Å². The molecule has 88 valence electrons. The van der Waals surface area contributed by atoms with Crippen molar-refractivity contribution in [1.82, 2.24) is 0 Å². The largest absolute Gasteiger partial charge is 0.403 e. The Balaban J connectivity index is 2.19. The quantitative estimate of drug-likeness (QED) is 0.562. The van der Waals surface area contributed by atoms with Crippen LogP contribution in [0.25, 0.3) is 0 Å². The third-order valence-corrected chi connectivity index (χ3v) is 5.24. The number of hydrogen-bond acceptors (Lipinski definition) is 6. The molecular formula is C10H12O4S2. The highest BCUT2D eigenvalue weighted by Gasteiger charge is 2.50. The number of esters is 2. The van der Waals surface area contributed by atoms with Gasteiger partial charge in [0.15, 0.2) is 0 Å². The first kappa shape index (κ1) is 11.9. The van der Waals surface area contributed by atoms with E-state index in [4.69, 9.17) is 9.47 Å². The summed E-state index contributed by atoms with van der Waals surface area (Å²) in [6.45, 7) is 4.06. The monoisotopic (exact) mass is 260 g/mol. The van der Waals surface area contributed by atoms with Crippen LogP contribution in [0.3, 0.4) is 0 Å². The van der Waals surface area contributed by atoms with E-state index in [0.29, 0.717) is 0 Å². The SMILES string of the molecule is CCC1=C(CC)SC2(OC(=O)CC(=O)O2)S1. The van der Waals surface area contributed by atoms with Gasteiger partial charge in [0.1, 0.15) is 6.42 Å². The standard InChI is InChI=1S/C10H12O4S2/c1-3-6-7(4-2)16-10(15-6)13-8(11)5-9(12)14-10/h3-5H2,1-2H3. The average molecular weight is 260 g/mol. The molecule has 0 aromatic carbocycles. The van der Waals surface area contributed by atoms with Crippen LogP contribution in [-0.4, -0.2) is 16.4 Å². The Morgan fingerprint density at radius 3 is 1.88 bits per heavy atom. The number of ether oxygens (including phenoxy) is 2. The molecular weight excluding hydrogens is 248 g/mol. The average Bonchev–Trinajstić information content (AvgIpc) is 2.54. The van der Waals surface area contributed by atoms with Crippen molar-refractivity contribution in [3.05, 3.63) is 9.81 Å². The highest BCUT2D eigenvalue weighted by Crippen LogP contribution is 2.58.